The predicted octanol–water partition coefficient (Wildman–Crippen LogP) is 5.65. The van der Waals surface area contributed by atoms with Crippen LogP contribution in [0.5, 0.6) is 5.75 Å². The lowest BCUT2D eigenvalue weighted by Gasteiger charge is -2.39. The van der Waals surface area contributed by atoms with Gasteiger partial charge in [-0.1, -0.05) is 32.0 Å². The number of hydrogen-bond donors (Lipinski definition) is 1. The average molecular weight is 517 g/mol. The van der Waals surface area contributed by atoms with E-state index >= 15 is 0 Å². The van der Waals surface area contributed by atoms with Gasteiger partial charge in [-0.25, -0.2) is 4.39 Å². The molecule has 0 unspecified atom stereocenters. The topological polar surface area (TPSA) is 84.9 Å². The van der Waals surface area contributed by atoms with Crippen molar-refractivity contribution < 1.29 is 27.6 Å². The molecule has 1 N–H and O–H groups in total. The Labute approximate surface area is 220 Å². The molecule has 8 heteroatoms. The van der Waals surface area contributed by atoms with E-state index in [9.17, 15) is 14.0 Å². The first kappa shape index (κ1) is 25.3. The molecule has 7 nitrogen and oxygen atoms in total. The summed E-state index contributed by atoms with van der Waals surface area (Å²) in [7, 11) is 0. The second-order valence-corrected chi connectivity index (χ2v) is 9.57. The highest BCUT2D eigenvalue weighted by Gasteiger charge is 2.33. The van der Waals surface area contributed by atoms with Crippen molar-refractivity contribution in [2.24, 2.45) is 5.92 Å². The highest BCUT2D eigenvalue weighted by Crippen LogP contribution is 2.38. The first-order valence-electron chi connectivity index (χ1n) is 12.6. The molecule has 0 fully saturated rings. The number of amides is 2. The molecule has 2 aromatic carbocycles. The van der Waals surface area contributed by atoms with Crippen LogP contribution in [0.2, 0.25) is 0 Å². The van der Waals surface area contributed by atoms with E-state index in [0.29, 0.717) is 23.8 Å². The molecule has 196 valence electrons. The molecule has 0 spiro atoms. The Bertz CT molecular complexity index is 1410. The van der Waals surface area contributed by atoms with Gasteiger partial charge in [0.2, 0.25) is 5.91 Å². The fourth-order valence-electron chi connectivity index (χ4n) is 4.66. The van der Waals surface area contributed by atoms with Crippen molar-refractivity contribution in [1.29, 1.82) is 0 Å². The van der Waals surface area contributed by atoms with Crippen LogP contribution in [0.3, 0.4) is 0 Å². The molecule has 38 heavy (non-hydrogen) atoms. The summed E-state index contributed by atoms with van der Waals surface area (Å²) < 4.78 is 30.6. The van der Waals surface area contributed by atoms with E-state index < -0.39 is 0 Å². The minimum absolute atomic E-state index is 0.0461. The van der Waals surface area contributed by atoms with Gasteiger partial charge in [-0.05, 0) is 71.6 Å². The third-order valence-corrected chi connectivity index (χ3v) is 6.58. The Hall–Kier alpha value is -4.33. The van der Waals surface area contributed by atoms with E-state index in [1.54, 1.807) is 42.7 Å². The minimum Gasteiger partial charge on any atom is -0.486 e. The van der Waals surface area contributed by atoms with Gasteiger partial charge in [-0.2, -0.15) is 0 Å². The van der Waals surface area contributed by atoms with E-state index in [4.69, 9.17) is 13.6 Å². The molecule has 1 aliphatic heterocycles. The van der Waals surface area contributed by atoms with Crippen LogP contribution < -0.4 is 10.1 Å². The molecule has 2 aromatic heterocycles. The van der Waals surface area contributed by atoms with Crippen molar-refractivity contribution in [3.63, 3.8) is 0 Å². The van der Waals surface area contributed by atoms with E-state index in [2.05, 4.69) is 5.32 Å². The van der Waals surface area contributed by atoms with Gasteiger partial charge in [0, 0.05) is 12.5 Å². The summed E-state index contributed by atoms with van der Waals surface area (Å²) in [5.41, 5.74) is 2.91. The lowest BCUT2D eigenvalue weighted by Crippen LogP contribution is -2.42. The van der Waals surface area contributed by atoms with E-state index in [1.165, 1.54) is 12.1 Å². The lowest BCUT2D eigenvalue weighted by molar-refractivity contribution is -0.136. The van der Waals surface area contributed by atoms with Gasteiger partial charge >= 0.3 is 0 Å². The zero-order chi connectivity index (χ0) is 26.6. The number of carbonyl (C=O) groups is 2. The van der Waals surface area contributed by atoms with Crippen LogP contribution in [0.15, 0.2) is 81.8 Å². The maximum Gasteiger partial charge on any atom is 0.287 e. The predicted molar refractivity (Wildman–Crippen MR) is 138 cm³/mol. The molecular weight excluding hydrogens is 487 g/mol. The summed E-state index contributed by atoms with van der Waals surface area (Å²) in [4.78, 5) is 27.3. The number of halogens is 1. The van der Waals surface area contributed by atoms with Crippen molar-refractivity contribution in [3.05, 3.63) is 113 Å². The quantitative estimate of drug-likeness (QED) is 0.327. The normalized spacial score (nSPS) is 14.8. The molecule has 4 aromatic rings. The molecule has 0 aliphatic carbocycles. The van der Waals surface area contributed by atoms with Crippen molar-refractivity contribution in [1.82, 2.24) is 10.2 Å². The van der Waals surface area contributed by atoms with Gasteiger partial charge in [0.1, 0.15) is 29.7 Å². The summed E-state index contributed by atoms with van der Waals surface area (Å²) in [6, 6.07) is 18.6. The van der Waals surface area contributed by atoms with Crippen molar-refractivity contribution >= 4 is 11.8 Å². The Morgan fingerprint density at radius 2 is 1.89 bits per heavy atom. The summed E-state index contributed by atoms with van der Waals surface area (Å²) in [6.45, 7) is 4.74. The second kappa shape index (κ2) is 11.0. The Morgan fingerprint density at radius 3 is 2.63 bits per heavy atom. The zero-order valence-corrected chi connectivity index (χ0v) is 21.3. The molecule has 3 heterocycles. The zero-order valence-electron chi connectivity index (χ0n) is 21.3. The van der Waals surface area contributed by atoms with Crippen LogP contribution in [0.4, 0.5) is 4.39 Å². The molecule has 5 rings (SSSR count). The van der Waals surface area contributed by atoms with Gasteiger partial charge in [0.05, 0.1) is 18.8 Å². The third-order valence-electron chi connectivity index (χ3n) is 6.58. The molecular formula is C30H29FN2O5. The van der Waals surface area contributed by atoms with Crippen molar-refractivity contribution in [2.45, 2.75) is 39.5 Å². The standard InChI is InChI=1S/C30H29FN2O5/c1-19(2)30(35)33-14-13-20-7-10-23(16-26(20)28(33)21-5-8-22(31)9-6-21)37-18-25-11-12-27(38-25)29(34)32-17-24-4-3-15-36-24/h3-12,15-16,19,28H,13-14,17-18H2,1-2H3,(H,32,34)/t28-/m1/s1. The summed E-state index contributed by atoms with van der Waals surface area (Å²) in [5.74, 6) is 1.14. The van der Waals surface area contributed by atoms with Gasteiger partial charge in [0.15, 0.2) is 5.76 Å². The fourth-order valence-corrected chi connectivity index (χ4v) is 4.66. The third kappa shape index (κ3) is 5.49. The molecule has 0 bridgehead atoms. The molecule has 2 amide bonds. The lowest BCUT2D eigenvalue weighted by atomic mass is 9.87. The first-order chi connectivity index (χ1) is 18.4. The second-order valence-electron chi connectivity index (χ2n) is 9.57. The summed E-state index contributed by atoms with van der Waals surface area (Å²) in [5, 5.41) is 2.74. The number of rotatable bonds is 8. The Morgan fingerprint density at radius 1 is 1.08 bits per heavy atom. The molecule has 0 saturated carbocycles. The molecule has 1 atom stereocenters. The van der Waals surface area contributed by atoms with Gasteiger partial charge in [0.25, 0.3) is 5.91 Å². The highest BCUT2D eigenvalue weighted by molar-refractivity contribution is 5.91. The summed E-state index contributed by atoms with van der Waals surface area (Å²) >= 11 is 0. The van der Waals surface area contributed by atoms with Crippen LogP contribution in [0.25, 0.3) is 0 Å². The number of nitrogens with zero attached hydrogens (tertiary/aromatic N) is 1. The largest absolute Gasteiger partial charge is 0.486 e. The van der Waals surface area contributed by atoms with Crippen LogP contribution in [-0.2, 0) is 24.4 Å². The first-order valence-corrected chi connectivity index (χ1v) is 12.6. The van der Waals surface area contributed by atoms with E-state index in [1.807, 2.05) is 36.9 Å². The summed E-state index contributed by atoms with van der Waals surface area (Å²) in [6.07, 6.45) is 2.27. The van der Waals surface area contributed by atoms with Crippen molar-refractivity contribution in [2.75, 3.05) is 6.54 Å². The highest BCUT2D eigenvalue weighted by atomic mass is 19.1. The molecule has 0 saturated heterocycles. The van der Waals surface area contributed by atoms with Crippen LogP contribution in [0.1, 0.15) is 58.7 Å². The maximum atomic E-state index is 13.7. The molecule has 0 radical (unpaired) electrons. The van der Waals surface area contributed by atoms with Gasteiger partial charge in [-0.15, -0.1) is 0 Å². The number of hydrogen-bond acceptors (Lipinski definition) is 5. The smallest absolute Gasteiger partial charge is 0.287 e. The molecule has 1 aliphatic rings. The Kier molecular flexibility index (Phi) is 7.31. The van der Waals surface area contributed by atoms with Gasteiger partial charge in [-0.3, -0.25) is 9.59 Å². The average Bonchev–Trinajstić information content (AvgIpc) is 3.62. The van der Waals surface area contributed by atoms with E-state index in [0.717, 1.165) is 23.1 Å². The Balaban J connectivity index is 1.32. The number of carbonyl (C=O) groups excluding carboxylic acids is 2. The number of ether oxygens (including phenoxy) is 1. The SMILES string of the molecule is CC(C)C(=O)N1CCc2ccc(OCc3ccc(C(=O)NCc4ccco4)o3)cc2[C@H]1c1ccc(F)cc1. The fraction of sp³-hybridized carbons (Fsp3) is 0.267. The van der Waals surface area contributed by atoms with Crippen LogP contribution >= 0.6 is 0 Å². The van der Waals surface area contributed by atoms with Gasteiger partial charge < -0.3 is 23.8 Å². The number of furan rings is 2. The monoisotopic (exact) mass is 516 g/mol. The van der Waals surface area contributed by atoms with Crippen LogP contribution in [-0.4, -0.2) is 23.3 Å². The minimum atomic E-state index is -0.349. The number of benzene rings is 2. The maximum absolute atomic E-state index is 13.7. The van der Waals surface area contributed by atoms with E-state index in [-0.39, 0.29) is 48.5 Å². The van der Waals surface area contributed by atoms with Crippen LogP contribution in [0, 0.1) is 11.7 Å². The van der Waals surface area contributed by atoms with Crippen molar-refractivity contribution in [3.8, 4) is 5.75 Å². The number of fused-ring (bicyclic) bond motifs is 1. The number of nitrogens with one attached hydrogen (secondary N) is 1.